The highest BCUT2D eigenvalue weighted by Gasteiger charge is 2.45. The van der Waals surface area contributed by atoms with Crippen molar-refractivity contribution >= 4 is 44.9 Å². The highest BCUT2D eigenvalue weighted by molar-refractivity contribution is 5.90. The Balaban J connectivity index is 1.04. The first kappa shape index (κ1) is 33.0. The second-order valence-electron chi connectivity index (χ2n) is 16.5. The molecule has 0 amide bonds. The van der Waals surface area contributed by atoms with Gasteiger partial charge in [0.05, 0.1) is 0 Å². The Morgan fingerprint density at radius 3 is 1.48 bits per heavy atom. The molecule has 0 fully saturated rings. The predicted octanol–water partition coefficient (Wildman–Crippen LogP) is 14.3. The van der Waals surface area contributed by atoms with Gasteiger partial charge in [-0.15, -0.1) is 0 Å². The van der Waals surface area contributed by atoms with E-state index in [0.29, 0.717) is 0 Å². The summed E-state index contributed by atoms with van der Waals surface area (Å²) >= 11 is 0. The highest BCUT2D eigenvalue weighted by Crippen LogP contribution is 2.55. The number of aryl methyl sites for hydroxylation is 2. The van der Waals surface area contributed by atoms with Crippen molar-refractivity contribution in [1.82, 2.24) is 0 Å². The van der Waals surface area contributed by atoms with E-state index in [2.05, 4.69) is 206 Å². The Hall–Kier alpha value is -6.38. The predicted molar refractivity (Wildman–Crippen MR) is 235 cm³/mol. The number of rotatable bonds is 6. The van der Waals surface area contributed by atoms with Crippen molar-refractivity contribution < 1.29 is 0 Å². The van der Waals surface area contributed by atoms with Crippen LogP contribution in [0.15, 0.2) is 182 Å². The maximum atomic E-state index is 2.54. The molecule has 8 aromatic carbocycles. The molecule has 0 radical (unpaired) electrons. The Bertz CT molecular complexity index is 2800. The Labute approximate surface area is 330 Å². The standard InChI is InChI=1S/C54H44N2/c1-53(2)49-20-12-11-19-47(49)48-34-44(27-28-50(48)53)56(42-17-7-4-8-18-42)46-26-23-39-30-32-54(52(39)36-46)31-29-38-22-25-45(35-51(38)54)55(41-15-5-3-6-16-41)43-24-21-37-13-9-10-14-40(37)33-43/h3-28,33-36H,29-32H2,1-2H3/t54-/m1/s1. The van der Waals surface area contributed by atoms with Crippen LogP contribution in [0.4, 0.5) is 34.1 Å². The minimum atomic E-state index is -0.0267. The SMILES string of the molecule is CC1(C)c2ccccc2-c2cc(N(c3ccccc3)c3ccc4c(c3)[C@@]3(CC4)CCc4ccc(N(c5ccccc5)c5ccc6ccccc6c5)cc43)ccc21. The lowest BCUT2D eigenvalue weighted by Crippen LogP contribution is -2.22. The number of hydrogen-bond donors (Lipinski definition) is 0. The van der Waals surface area contributed by atoms with Gasteiger partial charge in [-0.1, -0.05) is 123 Å². The van der Waals surface area contributed by atoms with Gasteiger partial charge in [-0.05, 0) is 154 Å². The molecule has 0 saturated carbocycles. The van der Waals surface area contributed by atoms with Crippen LogP contribution in [0.25, 0.3) is 21.9 Å². The fraction of sp³-hybridized carbons (Fsp3) is 0.148. The van der Waals surface area contributed by atoms with Crippen molar-refractivity contribution in [3.63, 3.8) is 0 Å². The van der Waals surface area contributed by atoms with Gasteiger partial charge in [-0.25, -0.2) is 0 Å². The lowest BCUT2D eigenvalue weighted by atomic mass is 9.76. The summed E-state index contributed by atoms with van der Waals surface area (Å²) in [5.74, 6) is 0. The first-order valence-corrected chi connectivity index (χ1v) is 20.2. The van der Waals surface area contributed by atoms with E-state index in [1.165, 1.54) is 89.4 Å². The minimum absolute atomic E-state index is 0.0221. The van der Waals surface area contributed by atoms with E-state index in [0.717, 1.165) is 25.7 Å². The van der Waals surface area contributed by atoms with E-state index < -0.39 is 0 Å². The van der Waals surface area contributed by atoms with Crippen molar-refractivity contribution in [3.05, 3.63) is 215 Å². The molecule has 0 bridgehead atoms. The monoisotopic (exact) mass is 720 g/mol. The van der Waals surface area contributed by atoms with Crippen LogP contribution < -0.4 is 9.80 Å². The number of benzene rings is 8. The van der Waals surface area contributed by atoms with Crippen LogP contribution in [0.5, 0.6) is 0 Å². The summed E-state index contributed by atoms with van der Waals surface area (Å²) in [6, 6.07) is 68.0. The summed E-state index contributed by atoms with van der Waals surface area (Å²) < 4.78 is 0. The second-order valence-corrected chi connectivity index (χ2v) is 16.5. The molecular weight excluding hydrogens is 677 g/mol. The lowest BCUT2D eigenvalue weighted by molar-refractivity contribution is 0.507. The van der Waals surface area contributed by atoms with Gasteiger partial charge >= 0.3 is 0 Å². The van der Waals surface area contributed by atoms with Crippen LogP contribution in [-0.4, -0.2) is 0 Å². The van der Waals surface area contributed by atoms with Crippen LogP contribution >= 0.6 is 0 Å². The number of fused-ring (bicyclic) bond motifs is 8. The average Bonchev–Trinajstić information content (AvgIpc) is 3.88. The molecule has 2 heteroatoms. The number of hydrogen-bond acceptors (Lipinski definition) is 2. The fourth-order valence-electron chi connectivity index (χ4n) is 10.5. The summed E-state index contributed by atoms with van der Waals surface area (Å²) in [6.45, 7) is 4.72. The Kier molecular flexibility index (Phi) is 7.41. The summed E-state index contributed by atoms with van der Waals surface area (Å²) in [4.78, 5) is 4.92. The normalized spacial score (nSPS) is 17.0. The quantitative estimate of drug-likeness (QED) is 0.169. The Morgan fingerprint density at radius 2 is 0.839 bits per heavy atom. The van der Waals surface area contributed by atoms with Crippen molar-refractivity contribution in [1.29, 1.82) is 0 Å². The second kappa shape index (κ2) is 12.6. The molecule has 2 nitrogen and oxygen atoms in total. The third kappa shape index (κ3) is 5.02. The van der Waals surface area contributed by atoms with Crippen molar-refractivity contribution in [3.8, 4) is 11.1 Å². The first-order valence-electron chi connectivity index (χ1n) is 20.2. The van der Waals surface area contributed by atoms with Crippen LogP contribution in [-0.2, 0) is 23.7 Å². The van der Waals surface area contributed by atoms with Crippen molar-refractivity contribution in [2.24, 2.45) is 0 Å². The third-order valence-electron chi connectivity index (χ3n) is 13.2. The molecule has 0 unspecified atom stereocenters. The summed E-state index contributed by atoms with van der Waals surface area (Å²) in [6.07, 6.45) is 4.48. The largest absolute Gasteiger partial charge is 0.310 e. The minimum Gasteiger partial charge on any atom is -0.310 e. The maximum absolute atomic E-state index is 2.54. The van der Waals surface area contributed by atoms with Gasteiger partial charge in [0.15, 0.2) is 0 Å². The molecule has 1 spiro atoms. The molecule has 0 aliphatic heterocycles. The van der Waals surface area contributed by atoms with Gasteiger partial charge in [0, 0.05) is 45.0 Å². The van der Waals surface area contributed by atoms with Gasteiger partial charge in [0.1, 0.15) is 0 Å². The van der Waals surface area contributed by atoms with Gasteiger partial charge in [0.25, 0.3) is 0 Å². The molecule has 56 heavy (non-hydrogen) atoms. The van der Waals surface area contributed by atoms with Gasteiger partial charge in [0.2, 0.25) is 0 Å². The van der Waals surface area contributed by atoms with E-state index in [4.69, 9.17) is 0 Å². The molecule has 1 atom stereocenters. The molecule has 3 aliphatic carbocycles. The van der Waals surface area contributed by atoms with Crippen molar-refractivity contribution in [2.45, 2.75) is 50.4 Å². The Morgan fingerprint density at radius 1 is 0.357 bits per heavy atom. The van der Waals surface area contributed by atoms with Crippen molar-refractivity contribution in [2.75, 3.05) is 9.80 Å². The van der Waals surface area contributed by atoms with Gasteiger partial charge in [-0.2, -0.15) is 0 Å². The highest BCUT2D eigenvalue weighted by atomic mass is 15.1. The zero-order chi connectivity index (χ0) is 37.4. The van der Waals surface area contributed by atoms with Crippen LogP contribution in [0.2, 0.25) is 0 Å². The number of anilines is 6. The van der Waals surface area contributed by atoms with Gasteiger partial charge in [-0.3, -0.25) is 0 Å². The molecule has 11 rings (SSSR count). The smallest absolute Gasteiger partial charge is 0.0468 e. The molecular formula is C54H44N2. The molecule has 3 aliphatic rings. The number of para-hydroxylation sites is 2. The molecule has 0 heterocycles. The van der Waals surface area contributed by atoms with E-state index in [1.807, 2.05) is 0 Å². The molecule has 0 aromatic heterocycles. The molecule has 8 aromatic rings. The van der Waals surface area contributed by atoms with E-state index in [-0.39, 0.29) is 10.8 Å². The van der Waals surface area contributed by atoms with Gasteiger partial charge < -0.3 is 9.80 Å². The first-order chi connectivity index (χ1) is 27.5. The zero-order valence-electron chi connectivity index (χ0n) is 32.0. The average molecular weight is 721 g/mol. The van der Waals surface area contributed by atoms with Crippen LogP contribution in [0, 0.1) is 0 Å². The topological polar surface area (TPSA) is 6.48 Å². The number of nitrogens with zero attached hydrogens (tertiary/aromatic N) is 2. The van der Waals surface area contributed by atoms with E-state index in [1.54, 1.807) is 0 Å². The van der Waals surface area contributed by atoms with E-state index in [9.17, 15) is 0 Å². The van der Waals surface area contributed by atoms with Crippen LogP contribution in [0.3, 0.4) is 0 Å². The van der Waals surface area contributed by atoms with E-state index >= 15 is 0 Å². The molecule has 270 valence electrons. The summed E-state index contributed by atoms with van der Waals surface area (Å²) in [5.41, 5.74) is 18.5. The summed E-state index contributed by atoms with van der Waals surface area (Å²) in [5, 5.41) is 2.51. The zero-order valence-corrected chi connectivity index (χ0v) is 32.0. The maximum Gasteiger partial charge on any atom is 0.0468 e. The fourth-order valence-corrected chi connectivity index (χ4v) is 10.5. The molecule has 0 N–H and O–H groups in total. The summed E-state index contributed by atoms with van der Waals surface area (Å²) in [7, 11) is 0. The van der Waals surface area contributed by atoms with Crippen LogP contribution in [0.1, 0.15) is 60.1 Å². The third-order valence-corrected chi connectivity index (χ3v) is 13.2. The molecule has 0 saturated heterocycles. The lowest BCUT2D eigenvalue weighted by Gasteiger charge is -2.32.